The number of amides is 1. The van der Waals surface area contributed by atoms with Gasteiger partial charge >= 0.3 is 0 Å². The van der Waals surface area contributed by atoms with Gasteiger partial charge in [-0.2, -0.15) is 0 Å². The molecule has 2 aliphatic rings. The highest BCUT2D eigenvalue weighted by Gasteiger charge is 2.28. The lowest BCUT2D eigenvalue weighted by Gasteiger charge is -2.40. The van der Waals surface area contributed by atoms with Crippen molar-refractivity contribution >= 4 is 30.7 Å². The molecule has 0 bridgehead atoms. The van der Waals surface area contributed by atoms with Crippen LogP contribution in [0.3, 0.4) is 0 Å². The molecular weight excluding hydrogens is 347 g/mol. The number of pyridine rings is 1. The Balaban J connectivity index is 0.00000144. The molecule has 1 amide bonds. The van der Waals surface area contributed by atoms with E-state index in [1.807, 2.05) is 11.0 Å². The summed E-state index contributed by atoms with van der Waals surface area (Å²) >= 11 is 0. The fourth-order valence-corrected chi connectivity index (χ4v) is 3.62. The van der Waals surface area contributed by atoms with Gasteiger partial charge in [0.25, 0.3) is 5.91 Å². The Morgan fingerprint density at radius 3 is 2.42 bits per heavy atom. The number of aromatic nitrogens is 1. The summed E-state index contributed by atoms with van der Waals surface area (Å²) in [7, 11) is 0. The van der Waals surface area contributed by atoms with Gasteiger partial charge in [-0.1, -0.05) is 6.42 Å². The number of halogens is 2. The quantitative estimate of drug-likeness (QED) is 0.882. The molecule has 0 spiro atoms. The fraction of sp³-hybridized carbons (Fsp3) is 0.647. The van der Waals surface area contributed by atoms with Crippen molar-refractivity contribution in [2.75, 3.05) is 26.2 Å². The molecule has 1 aromatic rings. The van der Waals surface area contributed by atoms with Crippen LogP contribution in [0.1, 0.15) is 48.2 Å². The molecule has 2 fully saturated rings. The van der Waals surface area contributed by atoms with E-state index in [2.05, 4.69) is 9.88 Å². The SMILES string of the molecule is Cl.Cl.NCc1cc(C(=O)N2CCC(N3CCCCC3)CC2)ccn1. The maximum absolute atomic E-state index is 12.6. The molecule has 0 unspecified atom stereocenters. The first-order chi connectivity index (χ1) is 10.8. The summed E-state index contributed by atoms with van der Waals surface area (Å²) in [6, 6.07) is 4.28. The van der Waals surface area contributed by atoms with E-state index >= 15 is 0 Å². The Morgan fingerprint density at radius 2 is 1.79 bits per heavy atom. The van der Waals surface area contributed by atoms with Crippen molar-refractivity contribution in [3.05, 3.63) is 29.6 Å². The van der Waals surface area contributed by atoms with Crippen LogP contribution < -0.4 is 5.73 Å². The van der Waals surface area contributed by atoms with E-state index in [9.17, 15) is 4.79 Å². The lowest BCUT2D eigenvalue weighted by molar-refractivity contribution is 0.0589. The number of nitrogens with zero attached hydrogens (tertiary/aromatic N) is 3. The molecule has 2 saturated heterocycles. The van der Waals surface area contributed by atoms with Crippen LogP contribution in [0, 0.1) is 0 Å². The molecular formula is C17H28Cl2N4O. The van der Waals surface area contributed by atoms with E-state index in [-0.39, 0.29) is 30.7 Å². The summed E-state index contributed by atoms with van der Waals surface area (Å²) in [6.07, 6.45) is 7.91. The maximum atomic E-state index is 12.6. The van der Waals surface area contributed by atoms with Gasteiger partial charge in [0.1, 0.15) is 0 Å². The fourth-order valence-electron chi connectivity index (χ4n) is 3.62. The third-order valence-corrected chi connectivity index (χ3v) is 4.93. The minimum absolute atomic E-state index is 0. The molecule has 2 N–H and O–H groups in total. The molecule has 0 aliphatic carbocycles. The van der Waals surface area contributed by atoms with Gasteiger partial charge in [-0.3, -0.25) is 9.78 Å². The predicted octanol–water partition coefficient (Wildman–Crippen LogP) is 2.47. The van der Waals surface area contributed by atoms with Gasteiger partial charge in [0, 0.05) is 37.4 Å². The second kappa shape index (κ2) is 10.2. The van der Waals surface area contributed by atoms with Crippen LogP contribution in [0.2, 0.25) is 0 Å². The number of nitrogens with two attached hydrogens (primary N) is 1. The highest BCUT2D eigenvalue weighted by molar-refractivity contribution is 5.94. The topological polar surface area (TPSA) is 62.5 Å². The molecule has 136 valence electrons. The van der Waals surface area contributed by atoms with E-state index in [4.69, 9.17) is 5.73 Å². The van der Waals surface area contributed by atoms with E-state index < -0.39 is 0 Å². The van der Waals surface area contributed by atoms with Gasteiger partial charge in [0.05, 0.1) is 5.69 Å². The van der Waals surface area contributed by atoms with Crippen molar-refractivity contribution in [2.24, 2.45) is 5.73 Å². The number of carbonyl (C=O) groups is 1. The Morgan fingerprint density at radius 1 is 1.12 bits per heavy atom. The van der Waals surface area contributed by atoms with Crippen molar-refractivity contribution in [1.29, 1.82) is 0 Å². The van der Waals surface area contributed by atoms with Gasteiger partial charge in [0.15, 0.2) is 0 Å². The van der Waals surface area contributed by atoms with E-state index in [0.717, 1.165) is 31.6 Å². The third-order valence-electron chi connectivity index (χ3n) is 4.93. The summed E-state index contributed by atoms with van der Waals surface area (Å²) < 4.78 is 0. The highest BCUT2D eigenvalue weighted by Crippen LogP contribution is 2.22. The normalized spacial score (nSPS) is 19.3. The van der Waals surface area contributed by atoms with Crippen molar-refractivity contribution in [1.82, 2.24) is 14.8 Å². The summed E-state index contributed by atoms with van der Waals surface area (Å²) in [6.45, 7) is 4.57. The second-order valence-corrected chi connectivity index (χ2v) is 6.36. The molecule has 24 heavy (non-hydrogen) atoms. The predicted molar refractivity (Wildman–Crippen MR) is 101 cm³/mol. The Hall–Kier alpha value is -0.880. The Bertz CT molecular complexity index is 515. The van der Waals surface area contributed by atoms with E-state index in [1.54, 1.807) is 12.3 Å². The Labute approximate surface area is 156 Å². The Kier molecular flexibility index (Phi) is 8.98. The maximum Gasteiger partial charge on any atom is 0.253 e. The molecule has 5 nitrogen and oxygen atoms in total. The zero-order chi connectivity index (χ0) is 15.4. The minimum Gasteiger partial charge on any atom is -0.339 e. The lowest BCUT2D eigenvalue weighted by atomic mass is 9.99. The highest BCUT2D eigenvalue weighted by atomic mass is 35.5. The zero-order valence-corrected chi connectivity index (χ0v) is 15.7. The first-order valence-corrected chi connectivity index (χ1v) is 8.46. The summed E-state index contributed by atoms with van der Waals surface area (Å²) in [5, 5.41) is 0. The van der Waals surface area contributed by atoms with Crippen LogP contribution in [0.15, 0.2) is 18.3 Å². The molecule has 2 aliphatic heterocycles. The summed E-state index contributed by atoms with van der Waals surface area (Å²) in [5.74, 6) is 0.120. The lowest BCUT2D eigenvalue weighted by Crippen LogP contribution is -2.48. The number of rotatable bonds is 3. The standard InChI is InChI=1S/C17H26N4O.2ClH/c18-13-15-12-14(4-7-19-15)17(22)21-10-5-16(6-11-21)20-8-2-1-3-9-20;;/h4,7,12,16H,1-3,5-6,8-11,13,18H2;2*1H. The molecule has 0 aromatic carbocycles. The van der Waals surface area contributed by atoms with Crippen LogP contribution >= 0.6 is 24.8 Å². The number of piperidine rings is 2. The summed E-state index contributed by atoms with van der Waals surface area (Å²) in [5.41, 5.74) is 7.09. The first kappa shape index (κ1) is 21.2. The van der Waals surface area contributed by atoms with Crippen molar-refractivity contribution in [3.8, 4) is 0 Å². The van der Waals surface area contributed by atoms with Crippen LogP contribution in [0.4, 0.5) is 0 Å². The third kappa shape index (κ3) is 5.06. The second-order valence-electron chi connectivity index (χ2n) is 6.36. The average molecular weight is 375 g/mol. The molecule has 7 heteroatoms. The smallest absolute Gasteiger partial charge is 0.253 e. The largest absolute Gasteiger partial charge is 0.339 e. The van der Waals surface area contributed by atoms with Gasteiger partial charge < -0.3 is 15.5 Å². The van der Waals surface area contributed by atoms with Crippen molar-refractivity contribution in [3.63, 3.8) is 0 Å². The van der Waals surface area contributed by atoms with Gasteiger partial charge in [-0.15, -0.1) is 24.8 Å². The van der Waals surface area contributed by atoms with Crippen LogP contribution in [0.5, 0.6) is 0 Å². The van der Waals surface area contributed by atoms with Gasteiger partial charge in [-0.05, 0) is 50.9 Å². The average Bonchev–Trinajstić information content (AvgIpc) is 2.62. The number of carbonyl (C=O) groups excluding carboxylic acids is 1. The van der Waals surface area contributed by atoms with Gasteiger partial charge in [-0.25, -0.2) is 0 Å². The number of likely N-dealkylation sites (tertiary alicyclic amines) is 2. The monoisotopic (exact) mass is 374 g/mol. The molecule has 0 saturated carbocycles. The zero-order valence-electron chi connectivity index (χ0n) is 14.0. The van der Waals surface area contributed by atoms with Crippen molar-refractivity contribution in [2.45, 2.75) is 44.7 Å². The van der Waals surface area contributed by atoms with Crippen LogP contribution in [-0.2, 0) is 6.54 Å². The van der Waals surface area contributed by atoms with Gasteiger partial charge in [0.2, 0.25) is 0 Å². The van der Waals surface area contributed by atoms with E-state index in [0.29, 0.717) is 18.2 Å². The van der Waals surface area contributed by atoms with Crippen molar-refractivity contribution < 1.29 is 4.79 Å². The number of hydrogen-bond donors (Lipinski definition) is 1. The van der Waals surface area contributed by atoms with Crippen LogP contribution in [-0.4, -0.2) is 52.9 Å². The van der Waals surface area contributed by atoms with Crippen LogP contribution in [0.25, 0.3) is 0 Å². The molecule has 3 rings (SSSR count). The molecule has 0 radical (unpaired) electrons. The molecule has 3 heterocycles. The summed E-state index contributed by atoms with van der Waals surface area (Å²) in [4.78, 5) is 21.4. The molecule has 1 aromatic heterocycles. The van der Waals surface area contributed by atoms with E-state index in [1.165, 1.54) is 32.4 Å². The molecule has 0 atom stereocenters. The minimum atomic E-state index is 0. The first-order valence-electron chi connectivity index (χ1n) is 8.46. The number of hydrogen-bond acceptors (Lipinski definition) is 4.